The van der Waals surface area contributed by atoms with E-state index in [1.54, 1.807) is 6.26 Å². The number of aliphatic hydroxyl groups is 1. The highest BCUT2D eigenvalue weighted by molar-refractivity contribution is 6.05. The SMILES string of the molecule is O=C(C=C(O)c1cocc1Cc1ccccc1)c1nn[nH]n1. The molecule has 0 atom stereocenters. The molecular weight excluding hydrogens is 284 g/mol. The highest BCUT2D eigenvalue weighted by Crippen LogP contribution is 2.21. The lowest BCUT2D eigenvalue weighted by Gasteiger charge is -2.02. The monoisotopic (exact) mass is 296 g/mol. The zero-order valence-electron chi connectivity index (χ0n) is 11.4. The highest BCUT2D eigenvalue weighted by atomic mass is 16.3. The number of H-pyrrole nitrogens is 1. The van der Waals surface area contributed by atoms with E-state index in [2.05, 4.69) is 20.6 Å². The molecule has 0 fully saturated rings. The third-order valence-corrected chi connectivity index (χ3v) is 3.09. The van der Waals surface area contributed by atoms with Crippen molar-refractivity contribution < 1.29 is 14.3 Å². The van der Waals surface area contributed by atoms with E-state index in [-0.39, 0.29) is 11.6 Å². The molecule has 0 unspecified atom stereocenters. The lowest BCUT2D eigenvalue weighted by molar-refractivity contribution is 0.103. The summed E-state index contributed by atoms with van der Waals surface area (Å²) in [6.07, 6.45) is 4.57. The fraction of sp³-hybridized carbons (Fsp3) is 0.0667. The Morgan fingerprint density at radius 1 is 1.27 bits per heavy atom. The third kappa shape index (κ3) is 2.93. The molecule has 0 bridgehead atoms. The Morgan fingerprint density at radius 2 is 2.09 bits per heavy atom. The van der Waals surface area contributed by atoms with E-state index in [1.165, 1.54) is 6.26 Å². The molecule has 110 valence electrons. The number of hydrogen-bond donors (Lipinski definition) is 2. The van der Waals surface area contributed by atoms with Gasteiger partial charge in [-0.25, -0.2) is 0 Å². The largest absolute Gasteiger partial charge is 0.507 e. The molecule has 1 aromatic carbocycles. The molecule has 0 aliphatic heterocycles. The second-order valence-electron chi connectivity index (χ2n) is 4.60. The first kappa shape index (κ1) is 13.7. The van der Waals surface area contributed by atoms with Gasteiger partial charge in [0.05, 0.1) is 11.8 Å². The second kappa shape index (κ2) is 6.04. The maximum Gasteiger partial charge on any atom is 0.244 e. The number of carbonyl (C=O) groups is 1. The Bertz CT molecular complexity index is 791. The Hall–Kier alpha value is -3.22. The molecule has 22 heavy (non-hydrogen) atoms. The molecule has 0 amide bonds. The van der Waals surface area contributed by atoms with Crippen molar-refractivity contribution in [2.75, 3.05) is 0 Å². The van der Waals surface area contributed by atoms with Gasteiger partial charge in [0.15, 0.2) is 0 Å². The molecule has 0 aliphatic carbocycles. The van der Waals surface area contributed by atoms with Crippen LogP contribution in [0.25, 0.3) is 5.76 Å². The minimum atomic E-state index is -0.543. The van der Waals surface area contributed by atoms with Gasteiger partial charge in [-0.15, -0.1) is 10.2 Å². The standard InChI is InChI=1S/C15H12N4O3/c20-13(7-14(21)15-16-18-19-17-15)12-9-22-8-11(12)6-10-4-2-1-3-5-10/h1-5,7-9,20H,6H2,(H,16,17,18,19). The van der Waals surface area contributed by atoms with Crippen molar-refractivity contribution in [3.8, 4) is 0 Å². The number of furan rings is 1. The first-order valence-electron chi connectivity index (χ1n) is 6.52. The summed E-state index contributed by atoms with van der Waals surface area (Å²) in [7, 11) is 0. The van der Waals surface area contributed by atoms with Crippen molar-refractivity contribution >= 4 is 11.5 Å². The second-order valence-corrected chi connectivity index (χ2v) is 4.60. The van der Waals surface area contributed by atoms with Gasteiger partial charge in [-0.3, -0.25) is 4.79 Å². The molecule has 2 heterocycles. The van der Waals surface area contributed by atoms with Crippen LogP contribution >= 0.6 is 0 Å². The minimum absolute atomic E-state index is 0.111. The maximum atomic E-state index is 11.8. The molecule has 7 nitrogen and oxygen atoms in total. The first-order valence-corrected chi connectivity index (χ1v) is 6.52. The van der Waals surface area contributed by atoms with Crippen LogP contribution in [0.15, 0.2) is 53.4 Å². The number of hydrogen-bond acceptors (Lipinski definition) is 6. The summed E-state index contributed by atoms with van der Waals surface area (Å²) in [5.41, 5.74) is 2.31. The van der Waals surface area contributed by atoms with Gasteiger partial charge in [-0.1, -0.05) is 30.3 Å². The van der Waals surface area contributed by atoms with Crippen LogP contribution in [0.1, 0.15) is 27.3 Å². The summed E-state index contributed by atoms with van der Waals surface area (Å²) >= 11 is 0. The molecule has 0 aliphatic rings. The number of carbonyl (C=O) groups excluding carboxylic acids is 1. The van der Waals surface area contributed by atoms with Crippen molar-refractivity contribution in [1.29, 1.82) is 0 Å². The summed E-state index contributed by atoms with van der Waals surface area (Å²) in [6, 6.07) is 9.75. The fourth-order valence-corrected chi connectivity index (χ4v) is 2.03. The van der Waals surface area contributed by atoms with Gasteiger partial charge in [-0.05, 0) is 10.8 Å². The summed E-state index contributed by atoms with van der Waals surface area (Å²) < 4.78 is 5.15. The first-order chi connectivity index (χ1) is 10.7. The number of nitrogens with zero attached hydrogens (tertiary/aromatic N) is 3. The number of rotatable bonds is 5. The maximum absolute atomic E-state index is 11.8. The molecule has 0 spiro atoms. The van der Waals surface area contributed by atoms with Gasteiger partial charge in [0.1, 0.15) is 12.0 Å². The van der Waals surface area contributed by atoms with E-state index < -0.39 is 5.78 Å². The summed E-state index contributed by atoms with van der Waals surface area (Å²) in [5.74, 6) is -0.854. The third-order valence-electron chi connectivity index (χ3n) is 3.09. The molecule has 3 aromatic rings. The van der Waals surface area contributed by atoms with Gasteiger partial charge in [0, 0.05) is 18.1 Å². The molecular formula is C15H12N4O3. The molecule has 3 rings (SSSR count). The van der Waals surface area contributed by atoms with Gasteiger partial charge < -0.3 is 9.52 Å². The van der Waals surface area contributed by atoms with Crippen molar-refractivity contribution in [2.24, 2.45) is 0 Å². The van der Waals surface area contributed by atoms with Crippen LogP contribution in [0.4, 0.5) is 0 Å². The van der Waals surface area contributed by atoms with E-state index in [0.717, 1.165) is 17.2 Å². The topological polar surface area (TPSA) is 105 Å². The number of aliphatic hydroxyl groups excluding tert-OH is 1. The van der Waals surface area contributed by atoms with Crippen LogP contribution in [-0.4, -0.2) is 31.5 Å². The van der Waals surface area contributed by atoms with Crippen LogP contribution in [-0.2, 0) is 6.42 Å². The van der Waals surface area contributed by atoms with Gasteiger partial charge in [-0.2, -0.15) is 5.21 Å². The number of aromatic nitrogens is 4. The number of allylic oxidation sites excluding steroid dienone is 1. The zero-order valence-corrected chi connectivity index (χ0v) is 11.4. The Morgan fingerprint density at radius 3 is 2.82 bits per heavy atom. The van der Waals surface area contributed by atoms with Gasteiger partial charge >= 0.3 is 0 Å². The fourth-order valence-electron chi connectivity index (χ4n) is 2.03. The molecule has 0 saturated carbocycles. The average molecular weight is 296 g/mol. The van der Waals surface area contributed by atoms with Gasteiger partial charge in [0.25, 0.3) is 0 Å². The molecule has 7 heteroatoms. The van der Waals surface area contributed by atoms with E-state index in [4.69, 9.17) is 4.42 Å². The van der Waals surface area contributed by atoms with Crippen LogP contribution < -0.4 is 0 Å². The Labute approximate surface area is 125 Å². The minimum Gasteiger partial charge on any atom is -0.507 e. The highest BCUT2D eigenvalue weighted by Gasteiger charge is 2.14. The normalized spacial score (nSPS) is 11.5. The smallest absolute Gasteiger partial charge is 0.244 e. The lowest BCUT2D eigenvalue weighted by atomic mass is 10.0. The van der Waals surface area contributed by atoms with Crippen LogP contribution in [0.5, 0.6) is 0 Å². The summed E-state index contributed by atoms with van der Waals surface area (Å²) in [6.45, 7) is 0. The Balaban J connectivity index is 1.83. The summed E-state index contributed by atoms with van der Waals surface area (Å²) in [5, 5.41) is 22.7. The molecule has 2 aromatic heterocycles. The van der Waals surface area contributed by atoms with Crippen LogP contribution in [0.3, 0.4) is 0 Å². The van der Waals surface area contributed by atoms with E-state index >= 15 is 0 Å². The Kier molecular flexibility index (Phi) is 3.78. The predicted molar refractivity (Wildman–Crippen MR) is 77.1 cm³/mol. The number of benzene rings is 1. The van der Waals surface area contributed by atoms with E-state index in [1.807, 2.05) is 30.3 Å². The van der Waals surface area contributed by atoms with E-state index in [0.29, 0.717) is 12.0 Å². The van der Waals surface area contributed by atoms with Crippen molar-refractivity contribution in [3.05, 3.63) is 71.4 Å². The van der Waals surface area contributed by atoms with Crippen molar-refractivity contribution in [1.82, 2.24) is 20.6 Å². The van der Waals surface area contributed by atoms with Gasteiger partial charge in [0.2, 0.25) is 11.6 Å². The number of ketones is 1. The number of nitrogens with one attached hydrogen (secondary N) is 1. The number of aromatic amines is 1. The van der Waals surface area contributed by atoms with Crippen molar-refractivity contribution in [3.63, 3.8) is 0 Å². The summed E-state index contributed by atoms with van der Waals surface area (Å²) in [4.78, 5) is 11.8. The zero-order chi connectivity index (χ0) is 15.4. The molecule has 0 radical (unpaired) electrons. The van der Waals surface area contributed by atoms with Crippen LogP contribution in [0.2, 0.25) is 0 Å². The van der Waals surface area contributed by atoms with E-state index in [9.17, 15) is 9.90 Å². The van der Waals surface area contributed by atoms with Crippen LogP contribution in [0, 0.1) is 0 Å². The van der Waals surface area contributed by atoms with Crippen molar-refractivity contribution in [2.45, 2.75) is 6.42 Å². The molecule has 2 N–H and O–H groups in total. The quantitative estimate of drug-likeness (QED) is 0.424. The number of tetrazole rings is 1. The molecule has 0 saturated heterocycles. The average Bonchev–Trinajstić information content (AvgIpc) is 3.19. The lowest BCUT2D eigenvalue weighted by Crippen LogP contribution is -2.00. The predicted octanol–water partition coefficient (Wildman–Crippen LogP) is 2.17.